The lowest BCUT2D eigenvalue weighted by atomic mass is 10.1. The van der Waals surface area contributed by atoms with Gasteiger partial charge in [-0.3, -0.25) is 9.79 Å². The Morgan fingerprint density at radius 2 is 1.77 bits per heavy atom. The van der Waals surface area contributed by atoms with Gasteiger partial charge in [0, 0.05) is 17.3 Å². The van der Waals surface area contributed by atoms with Gasteiger partial charge in [0.05, 0.1) is 23.8 Å². The fraction of sp³-hybridized carbons (Fsp3) is 0.0556. The van der Waals surface area contributed by atoms with E-state index in [2.05, 4.69) is 11.1 Å². The fourth-order valence-corrected chi connectivity index (χ4v) is 2.34. The van der Waals surface area contributed by atoms with Crippen molar-refractivity contribution in [3.8, 4) is 6.07 Å². The monoisotopic (exact) mass is 288 g/mol. The summed E-state index contributed by atoms with van der Waals surface area (Å²) in [5, 5.41) is 18.8. The minimum absolute atomic E-state index is 0.0366. The molecule has 0 bridgehead atoms. The zero-order valence-electron chi connectivity index (χ0n) is 11.7. The first-order valence-corrected chi connectivity index (χ1v) is 6.78. The molecule has 0 heterocycles. The van der Waals surface area contributed by atoms with E-state index in [4.69, 9.17) is 5.26 Å². The molecule has 3 rings (SSSR count). The Kier molecular flexibility index (Phi) is 3.55. The summed E-state index contributed by atoms with van der Waals surface area (Å²) >= 11 is 0. The number of aliphatic hydroxyl groups is 1. The number of nitrogens with zero attached hydrogens (tertiary/aromatic N) is 2. The number of rotatable bonds is 3. The first kappa shape index (κ1) is 13.8. The predicted octanol–water partition coefficient (Wildman–Crippen LogP) is 3.62. The number of hydrogen-bond acceptors (Lipinski definition) is 4. The lowest BCUT2D eigenvalue weighted by Crippen LogP contribution is -1.99. The number of benzene rings is 2. The lowest BCUT2D eigenvalue weighted by Gasteiger charge is -1.97. The smallest absolute Gasteiger partial charge is 0.199 e. The molecule has 4 heteroatoms. The Hall–Kier alpha value is -3.19. The Labute approximate surface area is 127 Å². The van der Waals surface area contributed by atoms with Crippen LogP contribution < -0.4 is 0 Å². The molecule has 0 unspecified atom stereocenters. The highest BCUT2D eigenvalue weighted by molar-refractivity contribution is 6.30. The van der Waals surface area contributed by atoms with Gasteiger partial charge in [-0.25, -0.2) is 0 Å². The second-order valence-electron chi connectivity index (χ2n) is 4.90. The number of carbonyl (C=O) groups excluding carboxylic acids is 1. The van der Waals surface area contributed by atoms with Crippen LogP contribution >= 0.6 is 0 Å². The van der Waals surface area contributed by atoms with Crippen LogP contribution in [0.1, 0.15) is 21.5 Å². The highest BCUT2D eigenvalue weighted by Gasteiger charge is 2.27. The molecule has 1 aliphatic rings. The molecule has 0 saturated heterocycles. The van der Waals surface area contributed by atoms with Crippen LogP contribution in [-0.2, 0) is 6.42 Å². The van der Waals surface area contributed by atoms with Crippen molar-refractivity contribution in [2.24, 2.45) is 4.99 Å². The number of aliphatic hydroxyl groups excluding tert-OH is 1. The number of Topliss-reactive ketones (excluding diaryl/α,β-unsaturated/α-hetero) is 1. The zero-order chi connectivity index (χ0) is 15.5. The van der Waals surface area contributed by atoms with E-state index in [1.165, 1.54) is 6.21 Å². The first-order valence-electron chi connectivity index (χ1n) is 6.78. The second kappa shape index (κ2) is 5.66. The van der Waals surface area contributed by atoms with Gasteiger partial charge in [-0.2, -0.15) is 5.26 Å². The SMILES string of the molecule is N#CCc1ccc(N=CC2=C(O)c3ccccc3C2=O)cc1. The fourth-order valence-electron chi connectivity index (χ4n) is 2.34. The first-order chi connectivity index (χ1) is 10.7. The molecule has 2 aromatic carbocycles. The van der Waals surface area contributed by atoms with Gasteiger partial charge in [0.25, 0.3) is 0 Å². The van der Waals surface area contributed by atoms with Crippen LogP contribution in [0.2, 0.25) is 0 Å². The number of carbonyl (C=O) groups is 1. The number of allylic oxidation sites excluding steroid dienone is 1. The van der Waals surface area contributed by atoms with E-state index in [-0.39, 0.29) is 17.1 Å². The van der Waals surface area contributed by atoms with E-state index in [0.717, 1.165) is 5.56 Å². The largest absolute Gasteiger partial charge is 0.506 e. The predicted molar refractivity (Wildman–Crippen MR) is 84.2 cm³/mol. The van der Waals surface area contributed by atoms with Gasteiger partial charge < -0.3 is 5.11 Å². The van der Waals surface area contributed by atoms with Gasteiger partial charge in [0.15, 0.2) is 5.78 Å². The molecule has 0 spiro atoms. The van der Waals surface area contributed by atoms with Gasteiger partial charge in [0.1, 0.15) is 5.76 Å². The summed E-state index contributed by atoms with van der Waals surface area (Å²) in [6.45, 7) is 0. The van der Waals surface area contributed by atoms with Gasteiger partial charge >= 0.3 is 0 Å². The Balaban J connectivity index is 1.86. The van der Waals surface area contributed by atoms with E-state index >= 15 is 0 Å². The molecule has 0 aliphatic heterocycles. The minimum atomic E-state index is -0.224. The van der Waals surface area contributed by atoms with Gasteiger partial charge in [-0.1, -0.05) is 36.4 Å². The second-order valence-corrected chi connectivity index (χ2v) is 4.90. The van der Waals surface area contributed by atoms with E-state index in [0.29, 0.717) is 23.2 Å². The molecule has 1 N–H and O–H groups in total. The van der Waals surface area contributed by atoms with Crippen molar-refractivity contribution in [2.45, 2.75) is 6.42 Å². The molecule has 2 aromatic rings. The maximum absolute atomic E-state index is 12.2. The maximum atomic E-state index is 12.2. The summed E-state index contributed by atoms with van der Waals surface area (Å²) < 4.78 is 0. The molecule has 0 atom stereocenters. The Bertz CT molecular complexity index is 840. The quantitative estimate of drug-likeness (QED) is 0.876. The third-order valence-corrected chi connectivity index (χ3v) is 3.49. The number of nitriles is 1. The molecule has 0 amide bonds. The van der Waals surface area contributed by atoms with Crippen LogP contribution in [0.4, 0.5) is 5.69 Å². The van der Waals surface area contributed by atoms with E-state index < -0.39 is 0 Å². The third-order valence-electron chi connectivity index (χ3n) is 3.49. The summed E-state index contributed by atoms with van der Waals surface area (Å²) in [4.78, 5) is 16.4. The summed E-state index contributed by atoms with van der Waals surface area (Å²) in [7, 11) is 0. The molecular formula is C18H12N2O2. The molecule has 4 nitrogen and oxygen atoms in total. The molecule has 0 radical (unpaired) electrons. The normalized spacial score (nSPS) is 13.5. The van der Waals surface area contributed by atoms with Gasteiger partial charge in [0.2, 0.25) is 0 Å². The average Bonchev–Trinajstić information content (AvgIpc) is 2.79. The van der Waals surface area contributed by atoms with E-state index in [1.807, 2.05) is 12.1 Å². The average molecular weight is 288 g/mol. The van der Waals surface area contributed by atoms with Crippen molar-refractivity contribution < 1.29 is 9.90 Å². The van der Waals surface area contributed by atoms with Crippen molar-refractivity contribution in [1.29, 1.82) is 5.26 Å². The lowest BCUT2D eigenvalue weighted by molar-refractivity contribution is 0.104. The topological polar surface area (TPSA) is 73.4 Å². The highest BCUT2D eigenvalue weighted by atomic mass is 16.3. The maximum Gasteiger partial charge on any atom is 0.199 e. The molecule has 0 fully saturated rings. The van der Waals surface area contributed by atoms with Crippen LogP contribution in [0.15, 0.2) is 59.1 Å². The summed E-state index contributed by atoms with van der Waals surface area (Å²) in [5.74, 6) is -0.261. The van der Waals surface area contributed by atoms with Crippen LogP contribution in [0.25, 0.3) is 5.76 Å². The highest BCUT2D eigenvalue weighted by Crippen LogP contribution is 2.30. The summed E-state index contributed by atoms with van der Waals surface area (Å²) in [6.07, 6.45) is 1.74. The van der Waals surface area contributed by atoms with Crippen LogP contribution in [0.3, 0.4) is 0 Å². The van der Waals surface area contributed by atoms with Crippen molar-refractivity contribution in [3.05, 3.63) is 70.8 Å². The van der Waals surface area contributed by atoms with Gasteiger partial charge in [-0.05, 0) is 17.7 Å². The molecule has 22 heavy (non-hydrogen) atoms. The number of aliphatic imine (C=N–C) groups is 1. The molecule has 0 aromatic heterocycles. The van der Waals surface area contributed by atoms with E-state index in [1.54, 1.807) is 36.4 Å². The minimum Gasteiger partial charge on any atom is -0.506 e. The van der Waals surface area contributed by atoms with Crippen molar-refractivity contribution in [2.75, 3.05) is 0 Å². The zero-order valence-corrected chi connectivity index (χ0v) is 11.7. The number of ketones is 1. The Morgan fingerprint density at radius 1 is 1.09 bits per heavy atom. The molecule has 1 aliphatic carbocycles. The molecule has 106 valence electrons. The summed E-state index contributed by atoms with van der Waals surface area (Å²) in [6, 6.07) is 16.2. The van der Waals surface area contributed by atoms with Crippen molar-refractivity contribution in [1.82, 2.24) is 0 Å². The number of hydrogen-bond donors (Lipinski definition) is 1. The van der Waals surface area contributed by atoms with Crippen molar-refractivity contribution in [3.63, 3.8) is 0 Å². The van der Waals surface area contributed by atoms with Crippen molar-refractivity contribution >= 4 is 23.4 Å². The molecular weight excluding hydrogens is 276 g/mol. The summed E-state index contributed by atoms with van der Waals surface area (Å²) in [5.41, 5.74) is 2.80. The number of fused-ring (bicyclic) bond motifs is 1. The van der Waals surface area contributed by atoms with Crippen LogP contribution in [-0.4, -0.2) is 17.1 Å². The van der Waals surface area contributed by atoms with Gasteiger partial charge in [-0.15, -0.1) is 0 Å². The Morgan fingerprint density at radius 3 is 2.41 bits per heavy atom. The third kappa shape index (κ3) is 2.40. The van der Waals surface area contributed by atoms with Crippen LogP contribution in [0.5, 0.6) is 0 Å². The van der Waals surface area contributed by atoms with E-state index in [9.17, 15) is 9.90 Å². The van der Waals surface area contributed by atoms with Crippen LogP contribution in [0, 0.1) is 11.3 Å². The molecule has 0 saturated carbocycles. The standard InChI is InChI=1S/C18H12N2O2/c19-10-9-12-5-7-13(8-6-12)20-11-16-17(21)14-3-1-2-4-15(14)18(16)22/h1-8,11,21H,9H2.